The number of nitrogen functional groups attached to an aromatic ring is 1. The molecule has 4 heteroatoms. The van der Waals surface area contributed by atoms with Crippen LogP contribution in [-0.4, -0.2) is 16.1 Å². The van der Waals surface area contributed by atoms with Crippen LogP contribution in [0.5, 0.6) is 5.75 Å². The van der Waals surface area contributed by atoms with E-state index < -0.39 is 0 Å². The highest BCUT2D eigenvalue weighted by atomic mass is 16.5. The van der Waals surface area contributed by atoms with Gasteiger partial charge in [-0.25, -0.2) is 9.97 Å². The van der Waals surface area contributed by atoms with Crippen molar-refractivity contribution in [2.45, 2.75) is 20.0 Å². The first kappa shape index (κ1) is 7.78. The highest BCUT2D eigenvalue weighted by molar-refractivity contribution is 5.42. The van der Waals surface area contributed by atoms with Crippen molar-refractivity contribution in [1.82, 2.24) is 9.97 Å². The molecule has 1 aromatic rings. The van der Waals surface area contributed by atoms with Crippen LogP contribution in [-0.2, 0) is 0 Å². The van der Waals surface area contributed by atoms with Crippen LogP contribution in [0.2, 0.25) is 0 Å². The van der Waals surface area contributed by atoms with Gasteiger partial charge in [-0.2, -0.15) is 0 Å². The molecule has 1 rings (SSSR count). The monoisotopic (exact) mass is 153 g/mol. The van der Waals surface area contributed by atoms with Gasteiger partial charge in [0.1, 0.15) is 6.33 Å². The summed E-state index contributed by atoms with van der Waals surface area (Å²) in [6.07, 6.45) is 3.05. The Hall–Kier alpha value is -1.32. The third-order valence-corrected chi connectivity index (χ3v) is 1.07. The number of hydrogen-bond donors (Lipinski definition) is 1. The average molecular weight is 153 g/mol. The van der Waals surface area contributed by atoms with Crippen LogP contribution in [0.1, 0.15) is 13.8 Å². The molecule has 0 bridgehead atoms. The van der Waals surface area contributed by atoms with Gasteiger partial charge in [-0.3, -0.25) is 0 Å². The van der Waals surface area contributed by atoms with Crippen molar-refractivity contribution in [3.8, 4) is 5.75 Å². The zero-order chi connectivity index (χ0) is 8.27. The fraction of sp³-hybridized carbons (Fsp3) is 0.429. The van der Waals surface area contributed by atoms with Gasteiger partial charge in [-0.05, 0) is 13.8 Å². The molecular weight excluding hydrogens is 142 g/mol. The van der Waals surface area contributed by atoms with Gasteiger partial charge in [-0.15, -0.1) is 0 Å². The molecular formula is C7H11N3O. The first-order valence-corrected chi connectivity index (χ1v) is 3.42. The van der Waals surface area contributed by atoms with E-state index in [4.69, 9.17) is 10.5 Å². The molecule has 11 heavy (non-hydrogen) atoms. The first-order chi connectivity index (χ1) is 5.20. The molecule has 60 valence electrons. The standard InChI is InChI=1S/C7H11N3O/c1-5(2)11-6-3-9-4-10-7(6)8/h3-5H,1-2H3,(H2,8,9,10). The topological polar surface area (TPSA) is 61.0 Å². The molecule has 0 fully saturated rings. The smallest absolute Gasteiger partial charge is 0.180 e. The minimum atomic E-state index is 0.100. The van der Waals surface area contributed by atoms with Gasteiger partial charge in [0, 0.05) is 0 Å². The molecule has 0 amide bonds. The van der Waals surface area contributed by atoms with Gasteiger partial charge < -0.3 is 10.5 Å². The summed E-state index contributed by atoms with van der Waals surface area (Å²) in [6.45, 7) is 3.85. The number of nitrogens with zero attached hydrogens (tertiary/aromatic N) is 2. The quantitative estimate of drug-likeness (QED) is 0.684. The van der Waals surface area contributed by atoms with E-state index in [2.05, 4.69) is 9.97 Å². The maximum atomic E-state index is 5.49. The minimum Gasteiger partial charge on any atom is -0.486 e. The van der Waals surface area contributed by atoms with E-state index in [1.807, 2.05) is 13.8 Å². The van der Waals surface area contributed by atoms with Crippen molar-refractivity contribution in [3.63, 3.8) is 0 Å². The van der Waals surface area contributed by atoms with Crippen LogP contribution in [0, 0.1) is 0 Å². The van der Waals surface area contributed by atoms with Crippen molar-refractivity contribution in [1.29, 1.82) is 0 Å². The van der Waals surface area contributed by atoms with Crippen LogP contribution in [0.15, 0.2) is 12.5 Å². The van der Waals surface area contributed by atoms with E-state index in [9.17, 15) is 0 Å². The third kappa shape index (κ3) is 2.07. The molecule has 2 N–H and O–H groups in total. The zero-order valence-electron chi connectivity index (χ0n) is 6.61. The average Bonchev–Trinajstić information content (AvgIpc) is 1.93. The van der Waals surface area contributed by atoms with E-state index in [0.29, 0.717) is 11.6 Å². The van der Waals surface area contributed by atoms with Gasteiger partial charge in [0.25, 0.3) is 0 Å². The summed E-state index contributed by atoms with van der Waals surface area (Å²) in [7, 11) is 0. The summed E-state index contributed by atoms with van der Waals surface area (Å²) in [6, 6.07) is 0. The number of anilines is 1. The lowest BCUT2D eigenvalue weighted by molar-refractivity contribution is 0.242. The van der Waals surface area contributed by atoms with Crippen LogP contribution >= 0.6 is 0 Å². The van der Waals surface area contributed by atoms with Gasteiger partial charge in [0.15, 0.2) is 11.6 Å². The Labute approximate surface area is 65.4 Å². The molecule has 4 nitrogen and oxygen atoms in total. The van der Waals surface area contributed by atoms with Crippen molar-refractivity contribution in [3.05, 3.63) is 12.5 Å². The van der Waals surface area contributed by atoms with E-state index >= 15 is 0 Å². The van der Waals surface area contributed by atoms with Crippen molar-refractivity contribution < 1.29 is 4.74 Å². The summed E-state index contributed by atoms with van der Waals surface area (Å²) in [4.78, 5) is 7.56. The Balaban J connectivity index is 2.78. The number of nitrogens with two attached hydrogens (primary N) is 1. The highest BCUT2D eigenvalue weighted by Crippen LogP contribution is 2.16. The number of aromatic nitrogens is 2. The second-order valence-electron chi connectivity index (χ2n) is 2.44. The molecule has 0 spiro atoms. The first-order valence-electron chi connectivity index (χ1n) is 3.42. The number of hydrogen-bond acceptors (Lipinski definition) is 4. The number of rotatable bonds is 2. The summed E-state index contributed by atoms with van der Waals surface area (Å²) >= 11 is 0. The largest absolute Gasteiger partial charge is 0.486 e. The van der Waals surface area contributed by atoms with Crippen LogP contribution in [0.3, 0.4) is 0 Å². The normalized spacial score (nSPS) is 10.1. The van der Waals surface area contributed by atoms with Gasteiger partial charge in [-0.1, -0.05) is 0 Å². The summed E-state index contributed by atoms with van der Waals surface area (Å²) < 4.78 is 5.29. The molecule has 0 aromatic carbocycles. The van der Waals surface area contributed by atoms with Gasteiger partial charge in [0.2, 0.25) is 0 Å². The lowest BCUT2D eigenvalue weighted by Crippen LogP contribution is -2.08. The Kier molecular flexibility index (Phi) is 2.25. The van der Waals surface area contributed by atoms with Crippen molar-refractivity contribution >= 4 is 5.82 Å². The summed E-state index contributed by atoms with van der Waals surface area (Å²) in [5, 5.41) is 0. The molecule has 0 radical (unpaired) electrons. The maximum Gasteiger partial charge on any atom is 0.180 e. The van der Waals surface area contributed by atoms with E-state index in [1.165, 1.54) is 6.33 Å². The molecule has 1 heterocycles. The Morgan fingerprint density at radius 2 is 2.27 bits per heavy atom. The lowest BCUT2D eigenvalue weighted by atomic mass is 10.4. The molecule has 0 saturated heterocycles. The Morgan fingerprint density at radius 3 is 2.82 bits per heavy atom. The van der Waals surface area contributed by atoms with Crippen LogP contribution in [0.4, 0.5) is 5.82 Å². The molecule has 1 aromatic heterocycles. The lowest BCUT2D eigenvalue weighted by Gasteiger charge is -2.09. The van der Waals surface area contributed by atoms with Crippen LogP contribution in [0.25, 0.3) is 0 Å². The van der Waals surface area contributed by atoms with Gasteiger partial charge in [0.05, 0.1) is 12.3 Å². The van der Waals surface area contributed by atoms with Gasteiger partial charge >= 0.3 is 0 Å². The zero-order valence-corrected chi connectivity index (χ0v) is 6.61. The maximum absolute atomic E-state index is 5.49. The molecule has 0 saturated carbocycles. The fourth-order valence-electron chi connectivity index (χ4n) is 0.671. The minimum absolute atomic E-state index is 0.100. The predicted octanol–water partition coefficient (Wildman–Crippen LogP) is 0.846. The predicted molar refractivity (Wildman–Crippen MR) is 42.2 cm³/mol. The molecule has 0 aliphatic carbocycles. The summed E-state index contributed by atoms with van der Waals surface area (Å²) in [5.74, 6) is 0.927. The van der Waals surface area contributed by atoms with E-state index in [1.54, 1.807) is 6.20 Å². The highest BCUT2D eigenvalue weighted by Gasteiger charge is 2.01. The molecule has 0 atom stereocenters. The molecule has 0 aliphatic rings. The number of ether oxygens (including phenoxy) is 1. The Bertz CT molecular complexity index is 237. The van der Waals surface area contributed by atoms with Crippen molar-refractivity contribution in [2.75, 3.05) is 5.73 Å². The molecule has 0 aliphatic heterocycles. The third-order valence-electron chi connectivity index (χ3n) is 1.07. The van der Waals surface area contributed by atoms with E-state index in [0.717, 1.165) is 0 Å². The SMILES string of the molecule is CC(C)Oc1cncnc1N. The second kappa shape index (κ2) is 3.18. The summed E-state index contributed by atoms with van der Waals surface area (Å²) in [5.41, 5.74) is 5.49. The fourth-order valence-corrected chi connectivity index (χ4v) is 0.671. The van der Waals surface area contributed by atoms with E-state index in [-0.39, 0.29) is 6.10 Å². The second-order valence-corrected chi connectivity index (χ2v) is 2.44. The Morgan fingerprint density at radius 1 is 1.55 bits per heavy atom. The molecule has 0 unspecified atom stereocenters. The van der Waals surface area contributed by atoms with Crippen LogP contribution < -0.4 is 10.5 Å². The van der Waals surface area contributed by atoms with Crippen molar-refractivity contribution in [2.24, 2.45) is 0 Å².